The van der Waals surface area contributed by atoms with Crippen molar-refractivity contribution in [1.29, 1.82) is 0 Å². The quantitative estimate of drug-likeness (QED) is 0.572. The molecule has 3 aromatic rings. The topological polar surface area (TPSA) is 63.7 Å². The van der Waals surface area contributed by atoms with Crippen molar-refractivity contribution in [2.45, 2.75) is 24.7 Å². The van der Waals surface area contributed by atoms with Crippen molar-refractivity contribution < 1.29 is 4.18 Å². The zero-order chi connectivity index (χ0) is 14.8. The maximum atomic E-state index is 5.38. The van der Waals surface area contributed by atoms with Gasteiger partial charge in [-0.1, -0.05) is 31.5 Å². The maximum absolute atomic E-state index is 5.38. The van der Waals surface area contributed by atoms with Crippen molar-refractivity contribution in [1.82, 2.24) is 19.9 Å². The molecule has 1 N–H and O–H groups in total. The summed E-state index contributed by atoms with van der Waals surface area (Å²) in [6.07, 6.45) is 7.09. The summed E-state index contributed by atoms with van der Waals surface area (Å²) < 4.78 is 5.38. The second-order valence-electron chi connectivity index (χ2n) is 4.23. The minimum atomic E-state index is 0.713. The first-order valence-corrected chi connectivity index (χ1v) is 7.58. The first kappa shape index (κ1) is 15.5. The Morgan fingerprint density at radius 1 is 1.19 bits per heavy atom. The van der Waals surface area contributed by atoms with Crippen LogP contribution in [0.5, 0.6) is 0 Å². The van der Waals surface area contributed by atoms with E-state index in [9.17, 15) is 0 Å². The van der Waals surface area contributed by atoms with Gasteiger partial charge >= 0.3 is 0 Å². The van der Waals surface area contributed by atoms with Gasteiger partial charge in [0.15, 0.2) is 5.65 Å². The fourth-order valence-electron chi connectivity index (χ4n) is 1.48. The Balaban J connectivity index is 0.000000159. The van der Waals surface area contributed by atoms with Crippen LogP contribution < -0.4 is 0 Å². The molecule has 110 valence electrons. The van der Waals surface area contributed by atoms with Crippen molar-refractivity contribution in [2.24, 2.45) is 0 Å². The SMILES string of the molecule is CCCCOSc1ccccc1.c1ncc2[nH]cnc2n1. The lowest BCUT2D eigenvalue weighted by atomic mass is 10.4. The monoisotopic (exact) mass is 302 g/mol. The molecular weight excluding hydrogens is 284 g/mol. The van der Waals surface area contributed by atoms with E-state index in [4.69, 9.17) is 4.18 Å². The second-order valence-corrected chi connectivity index (χ2v) is 5.11. The van der Waals surface area contributed by atoms with E-state index in [1.54, 1.807) is 12.5 Å². The van der Waals surface area contributed by atoms with Crippen LogP contribution in [0.4, 0.5) is 0 Å². The molecule has 3 rings (SSSR count). The van der Waals surface area contributed by atoms with Crippen LogP contribution in [0.2, 0.25) is 0 Å². The Bertz CT molecular complexity index is 599. The molecule has 21 heavy (non-hydrogen) atoms. The van der Waals surface area contributed by atoms with E-state index < -0.39 is 0 Å². The summed E-state index contributed by atoms with van der Waals surface area (Å²) in [5.74, 6) is 0. The number of nitrogens with one attached hydrogen (secondary N) is 1. The molecule has 0 unspecified atom stereocenters. The normalized spacial score (nSPS) is 10.1. The van der Waals surface area contributed by atoms with Gasteiger partial charge in [-0.15, -0.1) is 0 Å². The van der Waals surface area contributed by atoms with E-state index in [0.29, 0.717) is 5.65 Å². The number of fused-ring (bicyclic) bond motifs is 1. The second kappa shape index (κ2) is 9.10. The van der Waals surface area contributed by atoms with Crippen LogP contribution in [-0.4, -0.2) is 26.5 Å². The number of unbranched alkanes of at least 4 members (excludes halogenated alkanes) is 1. The zero-order valence-electron chi connectivity index (χ0n) is 11.9. The van der Waals surface area contributed by atoms with E-state index in [-0.39, 0.29) is 0 Å². The minimum Gasteiger partial charge on any atom is -0.342 e. The number of H-pyrrole nitrogens is 1. The van der Waals surface area contributed by atoms with Crippen molar-refractivity contribution in [3.8, 4) is 0 Å². The predicted molar refractivity (Wildman–Crippen MR) is 84.8 cm³/mol. The summed E-state index contributed by atoms with van der Waals surface area (Å²) in [5, 5.41) is 0. The molecule has 6 heteroatoms. The molecule has 2 aromatic heterocycles. The molecule has 0 atom stereocenters. The fraction of sp³-hybridized carbons (Fsp3) is 0.267. The first-order chi connectivity index (χ1) is 10.4. The molecule has 0 aliphatic rings. The molecule has 0 fully saturated rings. The molecule has 0 saturated heterocycles. The summed E-state index contributed by atoms with van der Waals surface area (Å²) in [7, 11) is 0. The Morgan fingerprint density at radius 2 is 2.05 bits per heavy atom. The van der Waals surface area contributed by atoms with Gasteiger partial charge in [0.2, 0.25) is 0 Å². The summed E-state index contributed by atoms with van der Waals surface area (Å²) in [4.78, 5) is 15.7. The van der Waals surface area contributed by atoms with Crippen molar-refractivity contribution >= 4 is 23.2 Å². The standard InChI is InChI=1S/C10H14OS.C5H4N4/c1-2-3-9-11-12-10-7-5-4-6-8-10;1-4-5(8-2-6-1)9-3-7-4/h4-8H,2-3,9H2,1H3;1-3H,(H,6,7,8,9). The summed E-state index contributed by atoms with van der Waals surface area (Å²) in [6.45, 7) is 3.01. The highest BCUT2D eigenvalue weighted by molar-refractivity contribution is 7.94. The molecule has 0 aliphatic heterocycles. The lowest BCUT2D eigenvalue weighted by molar-refractivity contribution is 0.362. The molecule has 5 nitrogen and oxygen atoms in total. The molecule has 0 aliphatic carbocycles. The number of aromatic nitrogens is 4. The largest absolute Gasteiger partial charge is 0.342 e. The average molecular weight is 302 g/mol. The Kier molecular flexibility index (Phi) is 6.70. The average Bonchev–Trinajstić information content (AvgIpc) is 3.02. The van der Waals surface area contributed by atoms with Crippen LogP contribution in [-0.2, 0) is 4.18 Å². The number of hydrogen-bond donors (Lipinski definition) is 1. The van der Waals surface area contributed by atoms with Gasteiger partial charge in [0.1, 0.15) is 11.8 Å². The van der Waals surface area contributed by atoms with Gasteiger partial charge in [-0.05, 0) is 18.6 Å². The Hall–Kier alpha value is -1.92. The molecule has 0 spiro atoms. The molecule has 2 heterocycles. The van der Waals surface area contributed by atoms with Gasteiger partial charge in [0, 0.05) is 16.9 Å². The van der Waals surface area contributed by atoms with Crippen LogP contribution in [0.3, 0.4) is 0 Å². The molecule has 0 amide bonds. The molecule has 1 aromatic carbocycles. The molecule has 0 radical (unpaired) electrons. The van der Waals surface area contributed by atoms with Crippen molar-refractivity contribution in [3.05, 3.63) is 49.2 Å². The Labute approximate surface area is 128 Å². The number of imidazole rings is 1. The van der Waals surface area contributed by atoms with Gasteiger partial charge in [-0.2, -0.15) is 0 Å². The lowest BCUT2D eigenvalue weighted by Gasteiger charge is -2.00. The Morgan fingerprint density at radius 3 is 2.81 bits per heavy atom. The molecule has 0 bridgehead atoms. The molecular formula is C15H18N4OS. The van der Waals surface area contributed by atoms with Gasteiger partial charge in [-0.3, -0.25) is 0 Å². The predicted octanol–water partition coefficient (Wildman–Crippen LogP) is 3.86. The highest BCUT2D eigenvalue weighted by Gasteiger charge is 1.92. The van der Waals surface area contributed by atoms with Gasteiger partial charge < -0.3 is 9.17 Å². The van der Waals surface area contributed by atoms with E-state index in [2.05, 4.69) is 39.0 Å². The first-order valence-electron chi connectivity index (χ1n) is 6.83. The van der Waals surface area contributed by atoms with E-state index >= 15 is 0 Å². The van der Waals surface area contributed by atoms with Crippen molar-refractivity contribution in [3.63, 3.8) is 0 Å². The van der Waals surface area contributed by atoms with Crippen LogP contribution in [0.25, 0.3) is 11.2 Å². The summed E-state index contributed by atoms with van der Waals surface area (Å²) >= 11 is 1.46. The zero-order valence-corrected chi connectivity index (χ0v) is 12.7. The third kappa shape index (κ3) is 5.53. The van der Waals surface area contributed by atoms with Crippen LogP contribution >= 0.6 is 12.0 Å². The number of aromatic amines is 1. The minimum absolute atomic E-state index is 0.713. The van der Waals surface area contributed by atoms with Crippen LogP contribution in [0.15, 0.2) is 54.1 Å². The van der Waals surface area contributed by atoms with Gasteiger partial charge in [0.05, 0.1) is 19.1 Å². The number of benzene rings is 1. The lowest BCUT2D eigenvalue weighted by Crippen LogP contribution is -1.84. The van der Waals surface area contributed by atoms with Gasteiger partial charge in [-0.25, -0.2) is 15.0 Å². The van der Waals surface area contributed by atoms with Crippen LogP contribution in [0, 0.1) is 0 Å². The van der Waals surface area contributed by atoms with Crippen LogP contribution in [0.1, 0.15) is 19.8 Å². The maximum Gasteiger partial charge on any atom is 0.180 e. The highest BCUT2D eigenvalue weighted by Crippen LogP contribution is 2.18. The smallest absolute Gasteiger partial charge is 0.180 e. The third-order valence-electron chi connectivity index (χ3n) is 2.58. The van der Waals surface area contributed by atoms with E-state index in [1.807, 2.05) is 18.2 Å². The summed E-state index contributed by atoms with van der Waals surface area (Å²) in [6, 6.07) is 10.2. The van der Waals surface area contributed by atoms with E-state index in [0.717, 1.165) is 18.5 Å². The van der Waals surface area contributed by atoms with Crippen molar-refractivity contribution in [2.75, 3.05) is 6.61 Å². The third-order valence-corrected chi connectivity index (χ3v) is 3.33. The highest BCUT2D eigenvalue weighted by atomic mass is 32.2. The van der Waals surface area contributed by atoms with E-state index in [1.165, 1.54) is 29.7 Å². The number of nitrogens with zero attached hydrogens (tertiary/aromatic N) is 3. The fourth-order valence-corrected chi connectivity index (χ4v) is 2.09. The molecule has 0 saturated carbocycles. The van der Waals surface area contributed by atoms with Gasteiger partial charge in [0.25, 0.3) is 0 Å². The summed E-state index contributed by atoms with van der Waals surface area (Å²) in [5.41, 5.74) is 1.59. The number of hydrogen-bond acceptors (Lipinski definition) is 5. The number of rotatable bonds is 5.